The van der Waals surface area contributed by atoms with Crippen molar-refractivity contribution in [1.29, 1.82) is 0 Å². The Labute approximate surface area is 87.6 Å². The summed E-state index contributed by atoms with van der Waals surface area (Å²) >= 11 is 0. The first kappa shape index (κ1) is 11.2. The van der Waals surface area contributed by atoms with Crippen LogP contribution in [0.2, 0.25) is 0 Å². The predicted octanol–water partition coefficient (Wildman–Crippen LogP) is 0.452. The van der Waals surface area contributed by atoms with Gasteiger partial charge in [0.1, 0.15) is 14.5 Å². The number of non-ortho nitro benzene ring substituents is 1. The lowest BCUT2D eigenvalue weighted by atomic mass is 9.90. The Morgan fingerprint density at radius 3 is 2.80 bits per heavy atom. The molecule has 0 heterocycles. The molecule has 1 rings (SSSR count). The molecule has 6 heteroatoms. The summed E-state index contributed by atoms with van der Waals surface area (Å²) in [5.74, 6) is -0.457. The maximum Gasteiger partial charge on any atom is 0.302 e. The van der Waals surface area contributed by atoms with Gasteiger partial charge < -0.3 is 4.74 Å². The molecular formula is C9H8BNO4. The standard InChI is InChI=1S/C9H8BNO4/c1-6(12)15-5-7-4-8(11(13)14)2-3-9(7)10/h2-4H,5H2,1H3. The Balaban J connectivity index is 2.90. The van der Waals surface area contributed by atoms with Crippen molar-refractivity contribution in [3.63, 3.8) is 0 Å². The van der Waals surface area contributed by atoms with Crippen LogP contribution >= 0.6 is 0 Å². The zero-order chi connectivity index (χ0) is 11.4. The molecule has 0 atom stereocenters. The number of nitro groups is 1. The van der Waals surface area contributed by atoms with E-state index < -0.39 is 10.9 Å². The third-order valence-electron chi connectivity index (χ3n) is 1.77. The Hall–Kier alpha value is -1.85. The molecule has 1 aromatic rings. The summed E-state index contributed by atoms with van der Waals surface area (Å²) in [5, 5.41) is 10.5. The SMILES string of the molecule is [B]c1ccc([N+](=O)[O-])cc1COC(C)=O. The number of hydrogen-bond donors (Lipinski definition) is 0. The third-order valence-corrected chi connectivity index (χ3v) is 1.77. The zero-order valence-electron chi connectivity index (χ0n) is 8.10. The highest BCUT2D eigenvalue weighted by Gasteiger charge is 2.08. The molecular weight excluding hydrogens is 197 g/mol. The molecule has 0 fully saturated rings. The summed E-state index contributed by atoms with van der Waals surface area (Å²) in [6.07, 6.45) is 0. The molecule has 0 aromatic heterocycles. The van der Waals surface area contributed by atoms with Crippen LogP contribution in [-0.4, -0.2) is 18.7 Å². The summed E-state index contributed by atoms with van der Waals surface area (Å²) in [6, 6.07) is 4.00. The number of hydrogen-bond acceptors (Lipinski definition) is 4. The fourth-order valence-corrected chi connectivity index (χ4v) is 1.01. The number of rotatable bonds is 3. The number of esters is 1. The number of nitrogens with zero attached hydrogens (tertiary/aromatic N) is 1. The molecule has 0 saturated heterocycles. The van der Waals surface area contributed by atoms with Crippen molar-refractivity contribution < 1.29 is 14.5 Å². The van der Waals surface area contributed by atoms with E-state index in [-0.39, 0.29) is 12.3 Å². The van der Waals surface area contributed by atoms with Gasteiger partial charge in [-0.25, -0.2) is 0 Å². The molecule has 1 aromatic carbocycles. The summed E-state index contributed by atoms with van der Waals surface area (Å²) in [5.41, 5.74) is 0.715. The van der Waals surface area contributed by atoms with Gasteiger partial charge in [0.15, 0.2) is 0 Å². The van der Waals surface area contributed by atoms with Gasteiger partial charge in [-0.1, -0.05) is 11.5 Å². The molecule has 0 bridgehead atoms. The van der Waals surface area contributed by atoms with Crippen molar-refractivity contribution in [3.8, 4) is 0 Å². The number of carbonyl (C=O) groups is 1. The van der Waals surface area contributed by atoms with Crippen molar-refractivity contribution in [2.45, 2.75) is 13.5 Å². The maximum atomic E-state index is 10.6. The molecule has 0 saturated carbocycles. The van der Waals surface area contributed by atoms with Gasteiger partial charge in [-0.15, -0.1) is 0 Å². The Morgan fingerprint density at radius 1 is 1.60 bits per heavy atom. The quantitative estimate of drug-likeness (QED) is 0.311. The summed E-state index contributed by atoms with van der Waals surface area (Å²) in [4.78, 5) is 20.5. The Bertz CT molecular complexity index is 405. The largest absolute Gasteiger partial charge is 0.461 e. The molecule has 0 N–H and O–H groups in total. The fraction of sp³-hybridized carbons (Fsp3) is 0.222. The molecule has 0 aliphatic heterocycles. The summed E-state index contributed by atoms with van der Waals surface area (Å²) in [6.45, 7) is 1.20. The number of benzene rings is 1. The average Bonchev–Trinajstić information content (AvgIpc) is 2.16. The highest BCUT2D eigenvalue weighted by Crippen LogP contribution is 2.11. The zero-order valence-corrected chi connectivity index (χ0v) is 8.10. The second-order valence-corrected chi connectivity index (χ2v) is 2.92. The lowest BCUT2D eigenvalue weighted by Gasteiger charge is -2.05. The van der Waals surface area contributed by atoms with Crippen LogP contribution < -0.4 is 5.46 Å². The van der Waals surface area contributed by atoms with Crippen molar-refractivity contribution in [1.82, 2.24) is 0 Å². The molecule has 2 radical (unpaired) electrons. The van der Waals surface area contributed by atoms with E-state index in [0.717, 1.165) is 0 Å². The normalized spacial score (nSPS) is 9.67. The third kappa shape index (κ3) is 3.09. The lowest BCUT2D eigenvalue weighted by molar-refractivity contribution is -0.384. The second kappa shape index (κ2) is 4.59. The van der Waals surface area contributed by atoms with E-state index in [0.29, 0.717) is 11.0 Å². The van der Waals surface area contributed by atoms with Crippen molar-refractivity contribution in [2.24, 2.45) is 0 Å². The minimum atomic E-state index is -0.531. The van der Waals surface area contributed by atoms with E-state index in [1.54, 1.807) is 0 Å². The number of nitro benzene ring substituents is 1. The minimum Gasteiger partial charge on any atom is -0.461 e. The van der Waals surface area contributed by atoms with E-state index in [2.05, 4.69) is 0 Å². The van der Waals surface area contributed by atoms with E-state index >= 15 is 0 Å². The van der Waals surface area contributed by atoms with Crippen LogP contribution in [0, 0.1) is 10.1 Å². The van der Waals surface area contributed by atoms with Crippen molar-refractivity contribution in [3.05, 3.63) is 33.9 Å². The van der Waals surface area contributed by atoms with E-state index in [1.165, 1.54) is 25.1 Å². The van der Waals surface area contributed by atoms with Gasteiger partial charge in [0.05, 0.1) is 4.92 Å². The first-order valence-corrected chi connectivity index (χ1v) is 4.17. The molecule has 0 aliphatic rings. The van der Waals surface area contributed by atoms with Crippen LogP contribution in [0.4, 0.5) is 5.69 Å². The van der Waals surface area contributed by atoms with Crippen molar-refractivity contribution >= 4 is 25.0 Å². The van der Waals surface area contributed by atoms with Crippen molar-refractivity contribution in [2.75, 3.05) is 0 Å². The Morgan fingerprint density at radius 2 is 2.27 bits per heavy atom. The summed E-state index contributed by atoms with van der Waals surface area (Å²) < 4.78 is 4.70. The van der Waals surface area contributed by atoms with Crippen LogP contribution in [0.15, 0.2) is 18.2 Å². The van der Waals surface area contributed by atoms with Gasteiger partial charge in [0.25, 0.3) is 5.69 Å². The topological polar surface area (TPSA) is 69.4 Å². The van der Waals surface area contributed by atoms with E-state index in [9.17, 15) is 14.9 Å². The lowest BCUT2D eigenvalue weighted by Crippen LogP contribution is -2.13. The van der Waals surface area contributed by atoms with Gasteiger partial charge in [0.2, 0.25) is 0 Å². The van der Waals surface area contributed by atoms with Gasteiger partial charge in [0, 0.05) is 19.1 Å². The Kier molecular flexibility index (Phi) is 3.44. The van der Waals surface area contributed by atoms with Gasteiger partial charge in [-0.2, -0.15) is 0 Å². The number of carbonyl (C=O) groups excluding carboxylic acids is 1. The molecule has 5 nitrogen and oxygen atoms in total. The van der Waals surface area contributed by atoms with Crippen LogP contribution in [0.3, 0.4) is 0 Å². The van der Waals surface area contributed by atoms with E-state index in [4.69, 9.17) is 12.6 Å². The van der Waals surface area contributed by atoms with Gasteiger partial charge in [-0.3, -0.25) is 14.9 Å². The molecule has 0 amide bonds. The van der Waals surface area contributed by atoms with Crippen LogP contribution in [0.5, 0.6) is 0 Å². The molecule has 0 spiro atoms. The first-order chi connectivity index (χ1) is 7.00. The van der Waals surface area contributed by atoms with Crippen LogP contribution in [0.25, 0.3) is 0 Å². The molecule has 0 unspecified atom stereocenters. The highest BCUT2D eigenvalue weighted by molar-refractivity contribution is 6.33. The van der Waals surface area contributed by atoms with E-state index in [1.807, 2.05) is 0 Å². The predicted molar refractivity (Wildman–Crippen MR) is 54.0 cm³/mol. The summed E-state index contributed by atoms with van der Waals surface area (Å²) in [7, 11) is 5.56. The highest BCUT2D eigenvalue weighted by atomic mass is 16.6. The van der Waals surface area contributed by atoms with Gasteiger partial charge in [-0.05, 0) is 5.56 Å². The van der Waals surface area contributed by atoms with Crippen LogP contribution in [0.1, 0.15) is 12.5 Å². The first-order valence-electron chi connectivity index (χ1n) is 4.17. The second-order valence-electron chi connectivity index (χ2n) is 2.92. The molecule has 76 valence electrons. The van der Waals surface area contributed by atoms with Gasteiger partial charge >= 0.3 is 5.97 Å². The average molecular weight is 205 g/mol. The fourth-order valence-electron chi connectivity index (χ4n) is 1.01. The molecule has 15 heavy (non-hydrogen) atoms. The van der Waals surface area contributed by atoms with Crippen LogP contribution in [-0.2, 0) is 16.1 Å². The minimum absolute atomic E-state index is 0.0527. The smallest absolute Gasteiger partial charge is 0.302 e. The molecule has 0 aliphatic carbocycles. The number of ether oxygens (including phenoxy) is 1. The monoisotopic (exact) mass is 205 g/mol. The maximum absolute atomic E-state index is 10.6.